The number of hydrogen-bond acceptors (Lipinski definition) is 3. The standard InChI is InChI=1S/C14H22N2O/c15-14(8-12-4-2-1-3-5-12)10-16-9-13-6-7-17-11-13/h1-5,13-14,16H,6-11,15H2/t13?,14-/m0/s1. The molecule has 1 aliphatic rings. The van der Waals surface area contributed by atoms with E-state index in [1.165, 1.54) is 12.0 Å². The van der Waals surface area contributed by atoms with Gasteiger partial charge in [-0.05, 0) is 24.3 Å². The highest BCUT2D eigenvalue weighted by Gasteiger charge is 2.15. The van der Waals surface area contributed by atoms with E-state index in [0.717, 1.165) is 32.7 Å². The largest absolute Gasteiger partial charge is 0.381 e. The molecule has 1 aromatic rings. The SMILES string of the molecule is N[C@H](CNCC1CCOC1)Cc1ccccc1. The van der Waals surface area contributed by atoms with Crippen LogP contribution in [0.1, 0.15) is 12.0 Å². The molecule has 3 N–H and O–H groups in total. The van der Waals surface area contributed by atoms with Gasteiger partial charge in [0.25, 0.3) is 0 Å². The summed E-state index contributed by atoms with van der Waals surface area (Å²) < 4.78 is 5.34. The Balaban J connectivity index is 1.62. The van der Waals surface area contributed by atoms with Crippen LogP contribution in [0.2, 0.25) is 0 Å². The predicted octanol–water partition coefficient (Wildman–Crippen LogP) is 1.18. The second-order valence-electron chi connectivity index (χ2n) is 4.84. The zero-order valence-electron chi connectivity index (χ0n) is 10.3. The van der Waals surface area contributed by atoms with Crippen molar-refractivity contribution in [2.24, 2.45) is 11.7 Å². The van der Waals surface area contributed by atoms with Gasteiger partial charge in [-0.15, -0.1) is 0 Å². The second-order valence-corrected chi connectivity index (χ2v) is 4.84. The second kappa shape index (κ2) is 6.74. The van der Waals surface area contributed by atoms with Crippen molar-refractivity contribution < 1.29 is 4.74 Å². The van der Waals surface area contributed by atoms with E-state index >= 15 is 0 Å². The molecule has 0 spiro atoms. The Morgan fingerprint density at radius 3 is 2.88 bits per heavy atom. The van der Waals surface area contributed by atoms with Gasteiger partial charge in [-0.2, -0.15) is 0 Å². The Morgan fingerprint density at radius 1 is 1.35 bits per heavy atom. The van der Waals surface area contributed by atoms with Crippen LogP contribution in [0, 0.1) is 5.92 Å². The van der Waals surface area contributed by atoms with E-state index in [0.29, 0.717) is 5.92 Å². The van der Waals surface area contributed by atoms with Crippen LogP contribution in [-0.4, -0.2) is 32.3 Å². The molecule has 94 valence electrons. The predicted molar refractivity (Wildman–Crippen MR) is 69.9 cm³/mol. The monoisotopic (exact) mass is 234 g/mol. The van der Waals surface area contributed by atoms with Crippen molar-refractivity contribution in [1.29, 1.82) is 0 Å². The van der Waals surface area contributed by atoms with Gasteiger partial charge < -0.3 is 15.8 Å². The first kappa shape index (κ1) is 12.6. The zero-order chi connectivity index (χ0) is 11.9. The highest BCUT2D eigenvalue weighted by Crippen LogP contribution is 2.10. The molecule has 0 aromatic heterocycles. The molecule has 0 radical (unpaired) electrons. The first-order valence-corrected chi connectivity index (χ1v) is 6.42. The summed E-state index contributed by atoms with van der Waals surface area (Å²) in [6, 6.07) is 10.6. The van der Waals surface area contributed by atoms with E-state index < -0.39 is 0 Å². The van der Waals surface area contributed by atoms with E-state index in [-0.39, 0.29) is 6.04 Å². The van der Waals surface area contributed by atoms with Gasteiger partial charge in [0, 0.05) is 25.7 Å². The number of benzene rings is 1. The Morgan fingerprint density at radius 2 is 2.18 bits per heavy atom. The molecule has 1 unspecified atom stereocenters. The van der Waals surface area contributed by atoms with Crippen LogP contribution in [0.5, 0.6) is 0 Å². The van der Waals surface area contributed by atoms with Gasteiger partial charge in [0.15, 0.2) is 0 Å². The fraction of sp³-hybridized carbons (Fsp3) is 0.571. The number of rotatable bonds is 6. The van der Waals surface area contributed by atoms with E-state index in [2.05, 4.69) is 29.6 Å². The van der Waals surface area contributed by atoms with Crippen molar-refractivity contribution in [1.82, 2.24) is 5.32 Å². The lowest BCUT2D eigenvalue weighted by Crippen LogP contribution is -2.37. The smallest absolute Gasteiger partial charge is 0.0507 e. The maximum absolute atomic E-state index is 6.10. The van der Waals surface area contributed by atoms with Crippen molar-refractivity contribution >= 4 is 0 Å². The summed E-state index contributed by atoms with van der Waals surface area (Å²) in [5.74, 6) is 0.680. The highest BCUT2D eigenvalue weighted by atomic mass is 16.5. The molecule has 1 fully saturated rings. The average Bonchev–Trinajstić information content (AvgIpc) is 2.83. The van der Waals surface area contributed by atoms with Crippen molar-refractivity contribution in [3.63, 3.8) is 0 Å². The molecule has 0 bridgehead atoms. The molecule has 0 aliphatic carbocycles. The summed E-state index contributed by atoms with van der Waals surface area (Å²) in [6.45, 7) is 3.73. The molecule has 3 nitrogen and oxygen atoms in total. The highest BCUT2D eigenvalue weighted by molar-refractivity contribution is 5.15. The third-order valence-corrected chi connectivity index (χ3v) is 3.20. The zero-order valence-corrected chi connectivity index (χ0v) is 10.3. The van der Waals surface area contributed by atoms with E-state index in [1.807, 2.05) is 6.07 Å². The first-order valence-electron chi connectivity index (χ1n) is 6.42. The third-order valence-electron chi connectivity index (χ3n) is 3.20. The van der Waals surface area contributed by atoms with Gasteiger partial charge in [0.2, 0.25) is 0 Å². The van der Waals surface area contributed by atoms with Gasteiger partial charge in [-0.25, -0.2) is 0 Å². The fourth-order valence-electron chi connectivity index (χ4n) is 2.21. The lowest BCUT2D eigenvalue weighted by Gasteiger charge is -2.14. The van der Waals surface area contributed by atoms with Gasteiger partial charge in [-0.3, -0.25) is 0 Å². The molecular formula is C14H22N2O. The molecule has 1 saturated heterocycles. The van der Waals surface area contributed by atoms with Crippen LogP contribution in [0.4, 0.5) is 0 Å². The lowest BCUT2D eigenvalue weighted by molar-refractivity contribution is 0.185. The van der Waals surface area contributed by atoms with Crippen LogP contribution >= 0.6 is 0 Å². The van der Waals surface area contributed by atoms with Crippen molar-refractivity contribution in [3.05, 3.63) is 35.9 Å². The minimum atomic E-state index is 0.194. The maximum atomic E-state index is 6.10. The number of nitrogens with two attached hydrogens (primary N) is 1. The molecule has 3 heteroatoms. The van der Waals surface area contributed by atoms with Crippen molar-refractivity contribution in [2.45, 2.75) is 18.9 Å². The summed E-state index contributed by atoms with van der Waals surface area (Å²) in [4.78, 5) is 0. The van der Waals surface area contributed by atoms with Gasteiger partial charge in [0.05, 0.1) is 6.61 Å². The number of ether oxygens (including phenoxy) is 1. The molecule has 1 heterocycles. The minimum absolute atomic E-state index is 0.194. The third kappa shape index (κ3) is 4.46. The summed E-state index contributed by atoms with van der Waals surface area (Å²) in [6.07, 6.45) is 2.12. The average molecular weight is 234 g/mol. The Hall–Kier alpha value is -0.900. The molecule has 1 aliphatic heterocycles. The molecule has 17 heavy (non-hydrogen) atoms. The summed E-state index contributed by atoms with van der Waals surface area (Å²) in [5, 5.41) is 3.44. The summed E-state index contributed by atoms with van der Waals surface area (Å²) in [7, 11) is 0. The normalized spacial score (nSPS) is 21.6. The van der Waals surface area contributed by atoms with Crippen LogP contribution < -0.4 is 11.1 Å². The van der Waals surface area contributed by atoms with Crippen LogP contribution in [0.25, 0.3) is 0 Å². The summed E-state index contributed by atoms with van der Waals surface area (Å²) in [5.41, 5.74) is 7.41. The molecule has 2 rings (SSSR count). The fourth-order valence-corrected chi connectivity index (χ4v) is 2.21. The molecule has 1 aromatic carbocycles. The number of nitrogens with one attached hydrogen (secondary N) is 1. The van der Waals surface area contributed by atoms with Gasteiger partial charge >= 0.3 is 0 Å². The topological polar surface area (TPSA) is 47.3 Å². The molecule has 0 amide bonds. The summed E-state index contributed by atoms with van der Waals surface area (Å²) >= 11 is 0. The Bertz CT molecular complexity index is 309. The molecular weight excluding hydrogens is 212 g/mol. The minimum Gasteiger partial charge on any atom is -0.381 e. The Labute approximate surface area is 103 Å². The molecule has 0 saturated carbocycles. The quantitative estimate of drug-likeness (QED) is 0.777. The van der Waals surface area contributed by atoms with E-state index in [9.17, 15) is 0 Å². The lowest BCUT2D eigenvalue weighted by atomic mass is 10.1. The molecule has 2 atom stereocenters. The van der Waals surface area contributed by atoms with E-state index in [1.54, 1.807) is 0 Å². The first-order chi connectivity index (χ1) is 8.34. The number of hydrogen-bond donors (Lipinski definition) is 2. The van der Waals surface area contributed by atoms with Crippen LogP contribution in [0.3, 0.4) is 0 Å². The van der Waals surface area contributed by atoms with Gasteiger partial charge in [0.1, 0.15) is 0 Å². The van der Waals surface area contributed by atoms with Crippen LogP contribution in [0.15, 0.2) is 30.3 Å². The maximum Gasteiger partial charge on any atom is 0.0507 e. The Kier molecular flexibility index (Phi) is 4.98. The van der Waals surface area contributed by atoms with Crippen LogP contribution in [-0.2, 0) is 11.2 Å². The van der Waals surface area contributed by atoms with Crippen molar-refractivity contribution in [3.8, 4) is 0 Å². The van der Waals surface area contributed by atoms with Gasteiger partial charge in [-0.1, -0.05) is 30.3 Å². The van der Waals surface area contributed by atoms with E-state index in [4.69, 9.17) is 10.5 Å². The van der Waals surface area contributed by atoms with Crippen molar-refractivity contribution in [2.75, 3.05) is 26.3 Å².